The molecular weight excluding hydrogens is 1170 g/mol. The van der Waals surface area contributed by atoms with Crippen LogP contribution < -0.4 is 10.6 Å². The number of benzene rings is 2. The molecule has 2 saturated heterocycles. The molecule has 1 unspecified atom stereocenters. The number of aromatic nitrogens is 4. The van der Waals surface area contributed by atoms with Crippen LogP contribution in [0.1, 0.15) is 213 Å². The summed E-state index contributed by atoms with van der Waals surface area (Å²) in [6.45, 7) is 35.0. The molecule has 4 amide bonds. The van der Waals surface area contributed by atoms with Crippen molar-refractivity contribution >= 4 is 62.7 Å². The first-order valence-electron chi connectivity index (χ1n) is 32.7. The Hall–Kier alpha value is -6.85. The quantitative estimate of drug-likeness (QED) is 0.0702. The fourth-order valence-corrected chi connectivity index (χ4v) is 14.1. The first-order valence-corrected chi connectivity index (χ1v) is 40.1. The number of nitriles is 2. The lowest BCUT2D eigenvalue weighted by molar-refractivity contribution is -0.00370. The maximum atomic E-state index is 13.6. The zero-order valence-corrected chi connectivity index (χ0v) is 58.8. The molecule has 4 aliphatic rings. The van der Waals surface area contributed by atoms with Gasteiger partial charge in [-0.1, -0.05) is 63.6 Å². The topological polar surface area (TPSA) is 219 Å². The van der Waals surface area contributed by atoms with Crippen molar-refractivity contribution in [1.29, 1.82) is 10.5 Å². The van der Waals surface area contributed by atoms with Crippen molar-refractivity contribution in [3.8, 4) is 12.1 Å². The Morgan fingerprint density at radius 3 is 1.22 bits per heavy atom. The fourth-order valence-electron chi connectivity index (χ4n) is 12.5. The van der Waals surface area contributed by atoms with Crippen molar-refractivity contribution in [3.63, 3.8) is 0 Å². The van der Waals surface area contributed by atoms with Crippen molar-refractivity contribution in [1.82, 2.24) is 28.9 Å². The van der Waals surface area contributed by atoms with Gasteiger partial charge in [-0.15, -0.1) is 0 Å². The van der Waals surface area contributed by atoms with Crippen LogP contribution in [-0.4, -0.2) is 118 Å². The van der Waals surface area contributed by atoms with Crippen LogP contribution in [0.2, 0.25) is 51.4 Å². The summed E-state index contributed by atoms with van der Waals surface area (Å²) >= 11 is 0. The van der Waals surface area contributed by atoms with Crippen LogP contribution in [0.25, 0.3) is 11.1 Å². The minimum Gasteiger partial charge on any atom is -0.444 e. The van der Waals surface area contributed by atoms with Gasteiger partial charge in [-0.3, -0.25) is 9.59 Å². The minimum atomic E-state index is -1.26. The molecule has 4 heterocycles. The van der Waals surface area contributed by atoms with E-state index in [-0.39, 0.29) is 96.5 Å². The number of anilines is 2. The highest BCUT2D eigenvalue weighted by Gasteiger charge is 2.39. The lowest BCUT2D eigenvalue weighted by Gasteiger charge is -2.43. The van der Waals surface area contributed by atoms with Gasteiger partial charge in [0.15, 0.2) is 11.4 Å². The first kappa shape index (κ1) is 70.6. The molecule has 2 N–H and O–H groups in total. The summed E-state index contributed by atoms with van der Waals surface area (Å²) in [5.74, 6) is 0.111. The van der Waals surface area contributed by atoms with Crippen molar-refractivity contribution in [2.75, 3.05) is 23.8 Å². The van der Waals surface area contributed by atoms with Gasteiger partial charge >= 0.3 is 12.2 Å². The van der Waals surface area contributed by atoms with Crippen molar-refractivity contribution in [3.05, 3.63) is 106 Å². The van der Waals surface area contributed by atoms with Gasteiger partial charge in [0.1, 0.15) is 36.8 Å². The molecule has 2 aliphatic carbocycles. The third kappa shape index (κ3) is 20.1. The summed E-state index contributed by atoms with van der Waals surface area (Å²) in [7, 11) is -2.52. The molecule has 2 aliphatic heterocycles. The number of hydrogen-bond acceptors (Lipinski definition) is 12. The molecular formula is C70H102N10O8Si2. The Kier molecular flexibility index (Phi) is 23.9. The first-order chi connectivity index (χ1) is 42.3. The molecule has 18 nitrogen and oxygen atoms in total. The Bertz CT molecular complexity index is 3080. The molecule has 90 heavy (non-hydrogen) atoms. The monoisotopic (exact) mass is 1270 g/mol. The molecule has 0 radical (unpaired) electrons. The van der Waals surface area contributed by atoms with Crippen LogP contribution in [0, 0.1) is 22.7 Å². The van der Waals surface area contributed by atoms with Gasteiger partial charge in [0, 0.05) is 88.4 Å². The summed E-state index contributed by atoms with van der Waals surface area (Å²) in [4.78, 5) is 65.6. The molecule has 2 aromatic heterocycles. The van der Waals surface area contributed by atoms with Crippen LogP contribution >= 0.6 is 0 Å². The van der Waals surface area contributed by atoms with Crippen molar-refractivity contribution < 1.29 is 38.1 Å². The van der Waals surface area contributed by atoms with E-state index in [4.69, 9.17) is 18.9 Å². The molecule has 0 bridgehead atoms. The zero-order chi connectivity index (χ0) is 65.9. The zero-order valence-electron chi connectivity index (χ0n) is 56.8. The van der Waals surface area contributed by atoms with Gasteiger partial charge in [0.2, 0.25) is 11.6 Å². The molecule has 2 fully saturated rings. The van der Waals surface area contributed by atoms with Crippen molar-refractivity contribution in [2.24, 2.45) is 0 Å². The SMILES string of the molecule is C[C@@H]1CC(c2ccc(NC(=O)c3nc(C#N)cn3COCC[Si](C)(C)C)c(C3=CCCCC3)c2)C[C@H](C)N1C(=O)OC(C)(C)C.C[C@H]1CC(c2ccc(NC(=O)c3nc(C#N)cn3COCC[Si](C)(C)C)c(C3=CCCCC3)c2)C[C@H](C)N1C(=O)OC(C)(C)C. The molecule has 20 heteroatoms. The summed E-state index contributed by atoms with van der Waals surface area (Å²) in [5.41, 5.74) is 7.70. The van der Waals surface area contributed by atoms with Gasteiger partial charge in [0.25, 0.3) is 11.8 Å². The van der Waals surface area contributed by atoms with E-state index in [0.717, 1.165) is 112 Å². The number of nitrogens with one attached hydrogen (secondary N) is 2. The van der Waals surface area contributed by atoms with E-state index < -0.39 is 27.3 Å². The van der Waals surface area contributed by atoms with Gasteiger partial charge in [0.05, 0.1) is 0 Å². The second-order valence-corrected chi connectivity index (χ2v) is 41.0. The van der Waals surface area contributed by atoms with E-state index >= 15 is 0 Å². The summed E-state index contributed by atoms with van der Waals surface area (Å²) in [6, 6.07) is 18.9. The largest absolute Gasteiger partial charge is 0.444 e. The standard InChI is InChI=1S/2C35H51N5O4Si/c2*1-24-18-28(19-25(2)40(24)34(42)44-35(3,4)5)27-14-15-31(30(20-27)26-12-10-9-11-13-26)38-33(41)32-37-29(21-36)22-39(32)23-43-16-17-45(6,7)8/h2*12,14-15,20,22,24-25,28H,9-11,13,16-19,23H2,1-8H3,(H,38,41)/t24-,25+,28?;24-,25-/m.0/s1. The fraction of sp³-hybridized carbons (Fsp3) is 0.600. The second-order valence-electron chi connectivity index (χ2n) is 29.7. The number of piperidine rings is 2. The molecule has 4 aromatic rings. The summed E-state index contributed by atoms with van der Waals surface area (Å²) in [5, 5.41) is 25.2. The van der Waals surface area contributed by atoms with E-state index in [1.54, 1.807) is 21.5 Å². The maximum absolute atomic E-state index is 13.6. The second kappa shape index (κ2) is 30.5. The minimum absolute atomic E-state index is 0.0338. The number of likely N-dealkylation sites (tertiary alicyclic amines) is 2. The third-order valence-electron chi connectivity index (χ3n) is 17.1. The number of hydrogen-bond donors (Lipinski definition) is 2. The number of carbonyl (C=O) groups is 4. The molecule has 2 aromatic carbocycles. The average molecular weight is 1270 g/mol. The number of nitrogens with zero attached hydrogens (tertiary/aromatic N) is 8. The van der Waals surface area contributed by atoms with Gasteiger partial charge in [-0.05, 0) is 217 Å². The average Bonchev–Trinajstić information content (AvgIpc) is 1.01. The summed E-state index contributed by atoms with van der Waals surface area (Å²) < 4.78 is 26.4. The Labute approximate surface area is 538 Å². The lowest BCUT2D eigenvalue weighted by Crippen LogP contribution is -2.51. The van der Waals surface area contributed by atoms with E-state index in [2.05, 4.69) is 136 Å². The number of allylic oxidation sites excluding steroid dienone is 4. The predicted octanol–water partition coefficient (Wildman–Crippen LogP) is 16.3. The number of carbonyl (C=O) groups excluding carboxylic acids is 4. The highest BCUT2D eigenvalue weighted by molar-refractivity contribution is 6.76. The smallest absolute Gasteiger partial charge is 0.410 e. The van der Waals surface area contributed by atoms with Crippen LogP contribution in [0.5, 0.6) is 0 Å². The van der Waals surface area contributed by atoms with Crippen LogP contribution in [0.3, 0.4) is 0 Å². The van der Waals surface area contributed by atoms with Gasteiger partial charge < -0.3 is 48.5 Å². The molecule has 5 atom stereocenters. The van der Waals surface area contributed by atoms with E-state index in [9.17, 15) is 29.7 Å². The Balaban J connectivity index is 0.000000256. The number of rotatable bonds is 18. The van der Waals surface area contributed by atoms with E-state index in [1.165, 1.54) is 22.3 Å². The van der Waals surface area contributed by atoms with E-state index in [1.807, 2.05) is 63.5 Å². The lowest BCUT2D eigenvalue weighted by atomic mass is 9.81. The van der Waals surface area contributed by atoms with Crippen LogP contribution in [-0.2, 0) is 32.4 Å². The Morgan fingerprint density at radius 1 is 0.567 bits per heavy atom. The predicted molar refractivity (Wildman–Crippen MR) is 362 cm³/mol. The molecule has 8 rings (SSSR count). The normalized spacial score (nSPS) is 20.7. The van der Waals surface area contributed by atoms with Crippen molar-refractivity contribution in [2.45, 2.75) is 258 Å². The number of ether oxygens (including phenoxy) is 4. The third-order valence-corrected chi connectivity index (χ3v) is 20.5. The van der Waals surface area contributed by atoms with Crippen LogP contribution in [0.15, 0.2) is 60.9 Å². The number of amides is 4. The summed E-state index contributed by atoms with van der Waals surface area (Å²) in [6.07, 6.45) is 19.0. The molecule has 0 saturated carbocycles. The molecule has 0 spiro atoms. The Morgan fingerprint density at radius 2 is 0.922 bits per heavy atom. The van der Waals surface area contributed by atoms with Crippen LogP contribution in [0.4, 0.5) is 21.0 Å². The van der Waals surface area contributed by atoms with E-state index in [0.29, 0.717) is 13.2 Å². The van der Waals surface area contributed by atoms with Gasteiger partial charge in [-0.25, -0.2) is 19.6 Å². The highest BCUT2D eigenvalue weighted by atomic mass is 28.3. The highest BCUT2D eigenvalue weighted by Crippen LogP contribution is 2.42. The maximum Gasteiger partial charge on any atom is 0.410 e. The number of imidazole rings is 2. The van der Waals surface area contributed by atoms with Gasteiger partial charge in [-0.2, -0.15) is 10.5 Å². The molecule has 488 valence electrons.